The molecule has 3 N–H and O–H groups in total. The van der Waals surface area contributed by atoms with Crippen molar-refractivity contribution in [3.63, 3.8) is 0 Å². The molecule has 0 bridgehead atoms. The first-order valence-electron chi connectivity index (χ1n) is 8.65. The monoisotopic (exact) mass is 431 g/mol. The summed E-state index contributed by atoms with van der Waals surface area (Å²) in [5.74, 6) is -1.13. The highest BCUT2D eigenvalue weighted by Crippen LogP contribution is 2.22. The molecule has 0 radical (unpaired) electrons. The molecule has 0 heterocycles. The van der Waals surface area contributed by atoms with Gasteiger partial charge in [-0.15, -0.1) is 0 Å². The van der Waals surface area contributed by atoms with Gasteiger partial charge in [0.05, 0.1) is 21.5 Å². The van der Waals surface area contributed by atoms with Gasteiger partial charge >= 0.3 is 0 Å². The second-order valence-corrected chi connectivity index (χ2v) is 6.41. The Morgan fingerprint density at radius 3 is 2.17 bits per heavy atom. The molecule has 0 aliphatic carbocycles. The number of nitro benzene ring substituents is 2. The predicted molar refractivity (Wildman–Crippen MR) is 113 cm³/mol. The maximum absolute atomic E-state index is 12.3. The molecule has 2 aromatic carbocycles. The van der Waals surface area contributed by atoms with Gasteiger partial charge in [0.15, 0.2) is 5.11 Å². The van der Waals surface area contributed by atoms with Gasteiger partial charge in [-0.25, -0.2) is 0 Å². The minimum atomic E-state index is -0.865. The van der Waals surface area contributed by atoms with E-state index < -0.39 is 27.1 Å². The van der Waals surface area contributed by atoms with Crippen LogP contribution >= 0.6 is 12.2 Å². The van der Waals surface area contributed by atoms with E-state index in [1.54, 1.807) is 18.2 Å². The molecule has 0 aromatic heterocycles. The second-order valence-electron chi connectivity index (χ2n) is 6.00. The Hall–Kier alpha value is -3.93. The molecule has 30 heavy (non-hydrogen) atoms. The maximum atomic E-state index is 12.3. The molecule has 0 atom stereocenters. The van der Waals surface area contributed by atoms with E-state index in [1.165, 1.54) is 6.07 Å². The largest absolute Gasteiger partial charge is 0.352 e. The van der Waals surface area contributed by atoms with Crippen LogP contribution in [0.4, 0.5) is 17.1 Å². The zero-order valence-corrected chi connectivity index (χ0v) is 16.5. The Bertz CT molecular complexity index is 994. The summed E-state index contributed by atoms with van der Waals surface area (Å²) in [6.07, 6.45) is 0.787. The lowest BCUT2D eigenvalue weighted by Crippen LogP contribution is -2.34. The van der Waals surface area contributed by atoms with Crippen molar-refractivity contribution in [2.75, 3.05) is 11.9 Å². The van der Waals surface area contributed by atoms with E-state index in [-0.39, 0.29) is 16.6 Å². The molecule has 11 nitrogen and oxygen atoms in total. The van der Waals surface area contributed by atoms with E-state index in [4.69, 9.17) is 12.2 Å². The van der Waals surface area contributed by atoms with E-state index in [2.05, 4.69) is 16.0 Å². The van der Waals surface area contributed by atoms with E-state index in [1.807, 2.05) is 6.92 Å². The van der Waals surface area contributed by atoms with Crippen molar-refractivity contribution in [2.24, 2.45) is 0 Å². The van der Waals surface area contributed by atoms with E-state index in [0.717, 1.165) is 24.6 Å². The molecule has 0 spiro atoms. The van der Waals surface area contributed by atoms with Crippen molar-refractivity contribution in [3.05, 3.63) is 73.8 Å². The predicted octanol–water partition coefficient (Wildman–Crippen LogP) is 2.77. The Balaban J connectivity index is 2.12. The van der Waals surface area contributed by atoms with Crippen molar-refractivity contribution in [1.82, 2.24) is 10.6 Å². The van der Waals surface area contributed by atoms with Crippen molar-refractivity contribution in [2.45, 2.75) is 13.3 Å². The number of non-ortho nitro benzene ring substituents is 2. The van der Waals surface area contributed by atoms with Crippen LogP contribution < -0.4 is 16.0 Å². The van der Waals surface area contributed by atoms with Crippen LogP contribution in [0, 0.1) is 20.2 Å². The van der Waals surface area contributed by atoms with Crippen molar-refractivity contribution in [1.29, 1.82) is 0 Å². The summed E-state index contributed by atoms with van der Waals surface area (Å²) < 4.78 is 0. The standard InChI is InChI=1S/C18H17N5O6S/c1-2-6-19-16(24)11-4-3-5-13(7-11)20-18(30)21-17(25)12-8-14(22(26)27)10-15(9-12)23(28)29/h3-5,7-10H,2,6H2,1H3,(H,19,24)(H2,20,21,25,30). The van der Waals surface area contributed by atoms with E-state index >= 15 is 0 Å². The average molecular weight is 431 g/mol. The molecule has 2 aromatic rings. The molecular formula is C18H17N5O6S. The minimum Gasteiger partial charge on any atom is -0.352 e. The number of nitrogens with zero attached hydrogens (tertiary/aromatic N) is 2. The summed E-state index contributed by atoms with van der Waals surface area (Å²) in [5, 5.41) is 29.5. The number of benzene rings is 2. The third kappa shape index (κ3) is 6.04. The van der Waals surface area contributed by atoms with E-state index in [0.29, 0.717) is 17.8 Å². The minimum absolute atomic E-state index is 0.153. The SMILES string of the molecule is CCCNC(=O)c1cccc(NC(=S)NC(=O)c2cc([N+](=O)[O-])cc([N+](=O)[O-])c2)c1. The third-order valence-electron chi connectivity index (χ3n) is 3.73. The van der Waals surface area contributed by atoms with Gasteiger partial charge in [0.25, 0.3) is 23.2 Å². The van der Waals surface area contributed by atoms with Gasteiger partial charge in [0.1, 0.15) is 0 Å². The average Bonchev–Trinajstić information content (AvgIpc) is 2.71. The summed E-state index contributed by atoms with van der Waals surface area (Å²) in [6, 6.07) is 8.95. The fourth-order valence-corrected chi connectivity index (χ4v) is 2.56. The molecule has 0 fully saturated rings. The Kier molecular flexibility index (Phi) is 7.47. The number of carbonyl (C=O) groups excluding carboxylic acids is 2. The normalized spacial score (nSPS) is 10.0. The van der Waals surface area contributed by atoms with Crippen LogP contribution in [0.15, 0.2) is 42.5 Å². The zero-order valence-electron chi connectivity index (χ0n) is 15.7. The number of nitrogens with one attached hydrogen (secondary N) is 3. The van der Waals surface area contributed by atoms with Gasteiger partial charge < -0.3 is 10.6 Å². The Morgan fingerprint density at radius 2 is 1.60 bits per heavy atom. The van der Waals surface area contributed by atoms with Crippen molar-refractivity contribution >= 4 is 46.2 Å². The number of anilines is 1. The first-order chi connectivity index (χ1) is 14.2. The molecule has 0 saturated heterocycles. The lowest BCUT2D eigenvalue weighted by atomic mass is 10.1. The zero-order chi connectivity index (χ0) is 22.3. The summed E-state index contributed by atoms with van der Waals surface area (Å²) in [6.45, 7) is 2.45. The number of carbonyl (C=O) groups is 2. The van der Waals surface area contributed by atoms with Crippen LogP contribution in [0.25, 0.3) is 0 Å². The number of rotatable bonds is 7. The molecule has 12 heteroatoms. The highest BCUT2D eigenvalue weighted by atomic mass is 32.1. The number of thiocarbonyl (C=S) groups is 1. The van der Waals surface area contributed by atoms with Crippen molar-refractivity contribution in [3.8, 4) is 0 Å². The van der Waals surface area contributed by atoms with E-state index in [9.17, 15) is 29.8 Å². The summed E-state index contributed by atoms with van der Waals surface area (Å²) >= 11 is 5.05. The molecule has 2 amide bonds. The van der Waals surface area contributed by atoms with Gasteiger partial charge in [-0.05, 0) is 36.8 Å². The molecule has 2 rings (SSSR count). The highest BCUT2D eigenvalue weighted by molar-refractivity contribution is 7.80. The smallest absolute Gasteiger partial charge is 0.277 e. The van der Waals surface area contributed by atoms with Crippen LogP contribution in [0.3, 0.4) is 0 Å². The molecule has 156 valence electrons. The van der Waals surface area contributed by atoms with Crippen LogP contribution in [0.2, 0.25) is 0 Å². The Labute approximate surface area is 175 Å². The summed E-state index contributed by atoms with van der Waals surface area (Å²) in [7, 11) is 0. The number of amides is 2. The van der Waals surface area contributed by atoms with Crippen LogP contribution in [0.1, 0.15) is 34.1 Å². The van der Waals surface area contributed by atoms with Gasteiger partial charge in [0.2, 0.25) is 0 Å². The van der Waals surface area contributed by atoms with Gasteiger partial charge in [-0.1, -0.05) is 13.0 Å². The fraction of sp³-hybridized carbons (Fsp3) is 0.167. The molecule has 0 aliphatic heterocycles. The van der Waals surface area contributed by atoms with Crippen LogP contribution in [-0.4, -0.2) is 33.3 Å². The Morgan fingerprint density at radius 1 is 0.967 bits per heavy atom. The summed E-state index contributed by atoms with van der Waals surface area (Å²) in [4.78, 5) is 44.6. The van der Waals surface area contributed by atoms with Gasteiger partial charge in [-0.2, -0.15) is 0 Å². The topological polar surface area (TPSA) is 157 Å². The number of hydrogen-bond donors (Lipinski definition) is 3. The van der Waals surface area contributed by atoms with Crippen LogP contribution in [-0.2, 0) is 0 Å². The highest BCUT2D eigenvalue weighted by Gasteiger charge is 2.20. The molecule has 0 unspecified atom stereocenters. The second kappa shape index (κ2) is 10.0. The van der Waals surface area contributed by atoms with Gasteiger partial charge in [-0.3, -0.25) is 35.1 Å². The quantitative estimate of drug-likeness (QED) is 0.343. The number of hydrogen-bond acceptors (Lipinski definition) is 7. The lowest BCUT2D eigenvalue weighted by Gasteiger charge is -2.11. The lowest BCUT2D eigenvalue weighted by molar-refractivity contribution is -0.394. The fourth-order valence-electron chi connectivity index (χ4n) is 2.35. The molecular weight excluding hydrogens is 414 g/mol. The first kappa shape index (κ1) is 22.4. The van der Waals surface area contributed by atoms with Gasteiger partial charge in [0, 0.05) is 29.9 Å². The molecule has 0 saturated carbocycles. The molecule has 0 aliphatic rings. The maximum Gasteiger partial charge on any atom is 0.277 e. The first-order valence-corrected chi connectivity index (χ1v) is 9.06. The van der Waals surface area contributed by atoms with Crippen molar-refractivity contribution < 1.29 is 19.4 Å². The third-order valence-corrected chi connectivity index (χ3v) is 3.94. The number of nitro groups is 2. The van der Waals surface area contributed by atoms with Crippen LogP contribution in [0.5, 0.6) is 0 Å². The summed E-state index contributed by atoms with van der Waals surface area (Å²) in [5.41, 5.74) is -0.683.